The Morgan fingerprint density at radius 1 is 1.05 bits per heavy atom. The van der Waals surface area contributed by atoms with Crippen molar-refractivity contribution >= 4 is 51.1 Å². The third-order valence-corrected chi connectivity index (χ3v) is 6.45. The van der Waals surface area contributed by atoms with Gasteiger partial charge in [0.25, 0.3) is 0 Å². The number of rotatable bonds is 12. The molecule has 0 aromatic heterocycles. The number of benzene rings is 2. The molecule has 12 nitrogen and oxygen atoms in total. The van der Waals surface area contributed by atoms with E-state index in [1.54, 1.807) is 24.3 Å². The van der Waals surface area contributed by atoms with Crippen LogP contribution in [0.2, 0.25) is 10.0 Å². The number of sulfonamides is 1. The van der Waals surface area contributed by atoms with Gasteiger partial charge in [-0.3, -0.25) is 15.0 Å². The second kappa shape index (κ2) is 15.3. The van der Waals surface area contributed by atoms with E-state index < -0.39 is 34.2 Å². The smallest absolute Gasteiger partial charge is 0.490 e. The van der Waals surface area contributed by atoms with Gasteiger partial charge in [0.15, 0.2) is 0 Å². The fourth-order valence-electron chi connectivity index (χ4n) is 2.49. The number of carboxylic acid groups (broad SMARTS) is 2. The number of hydrogen-bond acceptors (Lipinski definition) is 7. The topological polar surface area (TPSA) is 201 Å². The molecule has 0 amide bonds. The summed E-state index contributed by atoms with van der Waals surface area (Å²) in [5, 5.41) is 23.8. The van der Waals surface area contributed by atoms with Crippen molar-refractivity contribution in [2.24, 2.45) is 5.73 Å². The summed E-state index contributed by atoms with van der Waals surface area (Å²) in [6.07, 6.45) is -4.62. The van der Waals surface area contributed by atoms with Crippen LogP contribution >= 0.6 is 23.2 Å². The number of carbonyl (C=O) groups is 2. The maximum atomic E-state index is 12.6. The summed E-state index contributed by atoms with van der Waals surface area (Å²) in [6, 6.07) is 8.90. The van der Waals surface area contributed by atoms with Crippen molar-refractivity contribution in [3.8, 4) is 5.75 Å². The van der Waals surface area contributed by atoms with Gasteiger partial charge in [-0.1, -0.05) is 35.3 Å². The Hall–Kier alpha value is -3.31. The Labute approximate surface area is 230 Å². The largest absolute Gasteiger partial charge is 0.494 e. The molecule has 0 saturated heterocycles. The highest BCUT2D eigenvalue weighted by Crippen LogP contribution is 2.25. The van der Waals surface area contributed by atoms with Crippen molar-refractivity contribution in [1.82, 2.24) is 10.2 Å². The monoisotopic (exact) mass is 618 g/mol. The van der Waals surface area contributed by atoms with Crippen LogP contribution in [0.1, 0.15) is 12.0 Å². The van der Waals surface area contributed by atoms with Gasteiger partial charge < -0.3 is 20.7 Å². The number of ether oxygens (including phenoxy) is 1. The third kappa shape index (κ3) is 12.9. The molecule has 0 fully saturated rings. The number of hydroxylamine groups is 1. The van der Waals surface area contributed by atoms with E-state index in [1.165, 1.54) is 12.1 Å². The van der Waals surface area contributed by atoms with Gasteiger partial charge in [-0.05, 0) is 42.3 Å². The minimum Gasteiger partial charge on any atom is -0.494 e. The van der Waals surface area contributed by atoms with Crippen LogP contribution in [0, 0.1) is 5.41 Å². The van der Waals surface area contributed by atoms with Gasteiger partial charge in [-0.15, -0.1) is 0 Å². The molecule has 0 radical (unpaired) electrons. The van der Waals surface area contributed by atoms with Gasteiger partial charge in [0, 0.05) is 6.42 Å². The maximum absolute atomic E-state index is 12.6. The molecular weight excluding hydrogens is 596 g/mol. The van der Waals surface area contributed by atoms with Gasteiger partial charge in [-0.25, -0.2) is 18.7 Å². The molecule has 0 aliphatic heterocycles. The van der Waals surface area contributed by atoms with E-state index in [0.29, 0.717) is 24.3 Å². The van der Waals surface area contributed by atoms with Crippen molar-refractivity contribution in [2.75, 3.05) is 13.2 Å². The Morgan fingerprint density at radius 3 is 2.13 bits per heavy atom. The summed E-state index contributed by atoms with van der Waals surface area (Å²) in [5.74, 6) is -3.82. The van der Waals surface area contributed by atoms with Gasteiger partial charge >= 0.3 is 18.1 Å². The predicted octanol–water partition coefficient (Wildman–Crippen LogP) is 2.78. The Morgan fingerprint density at radius 2 is 1.64 bits per heavy atom. The molecule has 0 spiro atoms. The third-order valence-electron chi connectivity index (χ3n) is 4.24. The summed E-state index contributed by atoms with van der Waals surface area (Å²) >= 11 is 11.7. The van der Waals surface area contributed by atoms with Gasteiger partial charge in [-0.2, -0.15) is 17.9 Å². The van der Waals surface area contributed by atoms with E-state index in [9.17, 15) is 31.5 Å². The van der Waals surface area contributed by atoms with E-state index in [0.717, 1.165) is 6.07 Å². The summed E-state index contributed by atoms with van der Waals surface area (Å²) in [4.78, 5) is 25.2. The number of guanidine groups is 1. The highest BCUT2D eigenvalue weighted by molar-refractivity contribution is 7.89. The lowest BCUT2D eigenvalue weighted by Gasteiger charge is -2.16. The van der Waals surface area contributed by atoms with Crippen LogP contribution < -0.4 is 20.7 Å². The summed E-state index contributed by atoms with van der Waals surface area (Å²) < 4.78 is 64.6. The van der Waals surface area contributed by atoms with Gasteiger partial charge in [0.05, 0.1) is 28.2 Å². The van der Waals surface area contributed by atoms with E-state index in [1.807, 2.05) is 0 Å². The zero-order chi connectivity index (χ0) is 29.8. The SMILES string of the molecule is N=C(N)NOCCCOc1ccc(C[C@H](NS(=O)(=O)c2ccc(Cl)c(Cl)c2)C(=O)O)cc1.O=C(O)C(F)(F)F. The second-order valence-corrected chi connectivity index (χ2v) is 9.83. The molecule has 18 heteroatoms. The molecular formula is C21H23Cl2F3N4O8S. The highest BCUT2D eigenvalue weighted by atomic mass is 35.5. The Bertz CT molecular complexity index is 1250. The lowest BCUT2D eigenvalue weighted by molar-refractivity contribution is -0.192. The van der Waals surface area contributed by atoms with Crippen LogP contribution in [0.3, 0.4) is 0 Å². The molecule has 0 unspecified atom stereocenters. The molecule has 0 aliphatic rings. The summed E-state index contributed by atoms with van der Waals surface area (Å²) in [5.41, 5.74) is 7.87. The minimum absolute atomic E-state index is 0.0404. The molecule has 7 N–H and O–H groups in total. The standard InChI is InChI=1S/C19H22Cl2N4O6S.C2HF3O2/c20-15-7-6-14(11-16(15)21)32(28,29)25-17(18(26)27)10-12-2-4-13(5-3-12)30-8-1-9-31-24-19(22)23;3-2(4,5)1(6)7/h2-7,11,17,25H,1,8-10H2,(H,26,27)(H4,22,23,24);(H,6,7)/t17-;/m0./s1. The number of carboxylic acids is 2. The lowest BCUT2D eigenvalue weighted by atomic mass is 10.1. The number of hydrogen-bond donors (Lipinski definition) is 6. The molecule has 0 saturated carbocycles. The zero-order valence-corrected chi connectivity index (χ0v) is 22.0. The first-order chi connectivity index (χ1) is 18.0. The molecule has 216 valence electrons. The molecule has 2 rings (SSSR count). The van der Waals surface area contributed by atoms with Crippen molar-refractivity contribution in [3.63, 3.8) is 0 Å². The van der Waals surface area contributed by atoms with Crippen LogP contribution in [0.15, 0.2) is 47.4 Å². The zero-order valence-electron chi connectivity index (χ0n) is 19.7. The van der Waals surface area contributed by atoms with Crippen LogP contribution in [-0.4, -0.2) is 62.0 Å². The fraction of sp³-hybridized carbons (Fsp3) is 0.286. The van der Waals surface area contributed by atoms with Crippen LogP contribution in [0.5, 0.6) is 5.75 Å². The molecule has 1 atom stereocenters. The first-order valence-electron chi connectivity index (χ1n) is 10.5. The van der Waals surface area contributed by atoms with Crippen molar-refractivity contribution < 1.29 is 51.0 Å². The van der Waals surface area contributed by atoms with E-state index in [4.69, 9.17) is 53.8 Å². The average molecular weight is 619 g/mol. The molecule has 0 bridgehead atoms. The predicted molar refractivity (Wildman–Crippen MR) is 133 cm³/mol. The van der Waals surface area contributed by atoms with E-state index >= 15 is 0 Å². The van der Waals surface area contributed by atoms with Crippen LogP contribution in [0.25, 0.3) is 0 Å². The number of nitrogens with one attached hydrogen (secondary N) is 3. The minimum atomic E-state index is -5.08. The number of halogens is 5. The summed E-state index contributed by atoms with van der Waals surface area (Å²) in [6.45, 7) is 0.636. The second-order valence-electron chi connectivity index (χ2n) is 7.31. The molecule has 0 heterocycles. The van der Waals surface area contributed by atoms with Gasteiger partial charge in [0.1, 0.15) is 11.8 Å². The van der Waals surface area contributed by atoms with Crippen molar-refractivity contribution in [2.45, 2.75) is 30.0 Å². The van der Waals surface area contributed by atoms with Crippen molar-refractivity contribution in [1.29, 1.82) is 5.41 Å². The normalized spacial score (nSPS) is 12.0. The van der Waals surface area contributed by atoms with Crippen LogP contribution in [-0.2, 0) is 30.9 Å². The molecule has 0 aliphatic carbocycles. The van der Waals surface area contributed by atoms with Crippen molar-refractivity contribution in [3.05, 3.63) is 58.1 Å². The van der Waals surface area contributed by atoms with E-state index in [-0.39, 0.29) is 33.9 Å². The first-order valence-corrected chi connectivity index (χ1v) is 12.7. The molecule has 2 aromatic rings. The van der Waals surface area contributed by atoms with Gasteiger partial charge in [0.2, 0.25) is 16.0 Å². The average Bonchev–Trinajstić information content (AvgIpc) is 2.83. The first kappa shape index (κ1) is 33.7. The number of alkyl halides is 3. The van der Waals surface area contributed by atoms with E-state index in [2.05, 4.69) is 10.2 Å². The fourth-order valence-corrected chi connectivity index (χ4v) is 4.06. The summed E-state index contributed by atoms with van der Waals surface area (Å²) in [7, 11) is -4.13. The molecule has 2 aromatic carbocycles. The number of aliphatic carboxylic acids is 2. The Kier molecular flexibility index (Phi) is 13.2. The number of nitrogens with two attached hydrogens (primary N) is 1. The van der Waals surface area contributed by atoms with Crippen LogP contribution in [0.4, 0.5) is 13.2 Å². The molecule has 39 heavy (non-hydrogen) atoms. The Balaban J connectivity index is 0.000000956. The highest BCUT2D eigenvalue weighted by Gasteiger charge is 2.38. The quantitative estimate of drug-likeness (QED) is 0.0888. The lowest BCUT2D eigenvalue weighted by Crippen LogP contribution is -2.42. The maximum Gasteiger partial charge on any atom is 0.490 e.